The van der Waals surface area contributed by atoms with Crippen LogP contribution in [0.15, 0.2) is 34.7 Å². The first-order valence-electron chi connectivity index (χ1n) is 5.89. The van der Waals surface area contributed by atoms with Gasteiger partial charge in [-0.15, -0.1) is 0 Å². The van der Waals surface area contributed by atoms with Gasteiger partial charge in [-0.2, -0.15) is 0 Å². The Morgan fingerprint density at radius 3 is 2.60 bits per heavy atom. The van der Waals surface area contributed by atoms with E-state index in [0.29, 0.717) is 5.58 Å². The highest BCUT2D eigenvalue weighted by Gasteiger charge is 2.34. The Balaban J connectivity index is 2.18. The van der Waals surface area contributed by atoms with E-state index in [-0.39, 0.29) is 5.95 Å². The number of benzene rings is 1. The molecule has 2 rings (SSSR count). The molecule has 2 aromatic rings. The van der Waals surface area contributed by atoms with Crippen molar-refractivity contribution in [3.8, 4) is 5.95 Å². The molecule has 7 heteroatoms. The highest BCUT2D eigenvalue weighted by atomic mass is 32.2. The lowest BCUT2D eigenvalue weighted by atomic mass is 9.97. The van der Waals surface area contributed by atoms with Crippen LogP contribution < -0.4 is 9.88 Å². The number of carbonyl (C=O) groups excluding carboxylic acids is 1. The molecule has 20 heavy (non-hydrogen) atoms. The molecule has 0 aliphatic carbocycles. The fourth-order valence-electron chi connectivity index (χ4n) is 1.80. The number of nitrogens with two attached hydrogens (primary N) is 1. The first kappa shape index (κ1) is 14.5. The number of hydrogen-bond acceptors (Lipinski definition) is 5. The van der Waals surface area contributed by atoms with E-state index in [2.05, 4.69) is 0 Å². The van der Waals surface area contributed by atoms with Crippen LogP contribution in [-0.2, 0) is 14.8 Å². The third-order valence-electron chi connectivity index (χ3n) is 2.71. The van der Waals surface area contributed by atoms with E-state index < -0.39 is 27.2 Å². The van der Waals surface area contributed by atoms with Crippen LogP contribution in [0.1, 0.15) is 13.8 Å². The Labute approximate surface area is 116 Å². The van der Waals surface area contributed by atoms with Gasteiger partial charge < -0.3 is 9.15 Å². The molecule has 0 amide bonds. The van der Waals surface area contributed by atoms with Gasteiger partial charge in [0.1, 0.15) is 5.58 Å². The Bertz CT molecular complexity index is 712. The van der Waals surface area contributed by atoms with Crippen LogP contribution in [0.2, 0.25) is 0 Å². The van der Waals surface area contributed by atoms with Gasteiger partial charge in [-0.25, -0.2) is 13.6 Å². The minimum Gasteiger partial charge on any atom is -0.425 e. The average molecular weight is 297 g/mol. The molecular formula is C13H15NO5S. The number of esters is 1. The van der Waals surface area contributed by atoms with Gasteiger partial charge in [0.25, 0.3) is 5.95 Å². The number of sulfonamides is 1. The van der Waals surface area contributed by atoms with Gasteiger partial charge >= 0.3 is 5.97 Å². The Hall–Kier alpha value is -1.86. The number of rotatable bonds is 4. The van der Waals surface area contributed by atoms with Crippen molar-refractivity contribution >= 4 is 27.0 Å². The van der Waals surface area contributed by atoms with E-state index >= 15 is 0 Å². The molecule has 1 aromatic carbocycles. The topological polar surface area (TPSA) is 99.6 Å². The Morgan fingerprint density at radius 1 is 1.35 bits per heavy atom. The number of carbonyl (C=O) groups is 1. The molecule has 0 radical (unpaired) electrons. The van der Waals surface area contributed by atoms with Crippen molar-refractivity contribution in [1.29, 1.82) is 0 Å². The van der Waals surface area contributed by atoms with Gasteiger partial charge in [0, 0.05) is 11.5 Å². The highest BCUT2D eigenvalue weighted by molar-refractivity contribution is 7.89. The summed E-state index contributed by atoms with van der Waals surface area (Å²) < 4.78 is 32.6. The zero-order chi connectivity index (χ0) is 15.0. The fraction of sp³-hybridized carbons (Fsp3) is 0.308. The molecule has 0 spiro atoms. The second-order valence-corrected chi connectivity index (χ2v) is 6.80. The van der Waals surface area contributed by atoms with Gasteiger partial charge in [-0.3, -0.25) is 4.79 Å². The molecule has 1 aromatic heterocycles. The van der Waals surface area contributed by atoms with E-state index in [1.165, 1.54) is 13.8 Å². The molecule has 6 nitrogen and oxygen atoms in total. The first-order chi connectivity index (χ1) is 9.17. The maximum atomic E-state index is 12.0. The fourth-order valence-corrected chi connectivity index (χ4v) is 2.92. The quantitative estimate of drug-likeness (QED) is 0.865. The number of para-hydroxylation sites is 1. The van der Waals surface area contributed by atoms with Crippen molar-refractivity contribution in [2.45, 2.75) is 13.8 Å². The lowest BCUT2D eigenvalue weighted by molar-refractivity contribution is -0.143. The predicted molar refractivity (Wildman–Crippen MR) is 73.6 cm³/mol. The van der Waals surface area contributed by atoms with E-state index in [4.69, 9.17) is 14.3 Å². The van der Waals surface area contributed by atoms with Gasteiger partial charge in [-0.1, -0.05) is 18.2 Å². The van der Waals surface area contributed by atoms with Gasteiger partial charge in [0.2, 0.25) is 10.0 Å². The number of ether oxygens (including phenoxy) is 1. The van der Waals surface area contributed by atoms with Gasteiger partial charge in [0.15, 0.2) is 0 Å². The van der Waals surface area contributed by atoms with E-state index in [1.54, 1.807) is 18.2 Å². The number of primary sulfonamides is 1. The number of furan rings is 1. The summed E-state index contributed by atoms with van der Waals surface area (Å²) in [5.74, 6) is -1.19. The number of hydrogen-bond donors (Lipinski definition) is 1. The van der Waals surface area contributed by atoms with Gasteiger partial charge in [0.05, 0.1) is 11.2 Å². The predicted octanol–water partition coefficient (Wildman–Crippen LogP) is 1.65. The Morgan fingerprint density at radius 2 is 2.00 bits per heavy atom. The van der Waals surface area contributed by atoms with Crippen molar-refractivity contribution in [1.82, 2.24) is 0 Å². The summed E-state index contributed by atoms with van der Waals surface area (Å²) in [6.07, 6.45) is 0. The Kier molecular flexibility index (Phi) is 3.58. The third kappa shape index (κ3) is 3.37. The van der Waals surface area contributed by atoms with Crippen LogP contribution in [0.4, 0.5) is 0 Å². The molecule has 1 heterocycles. The molecule has 2 N–H and O–H groups in total. The third-order valence-corrected chi connectivity index (χ3v) is 3.83. The summed E-state index contributed by atoms with van der Waals surface area (Å²) in [6, 6.07) is 8.74. The average Bonchev–Trinajstić information content (AvgIpc) is 2.67. The van der Waals surface area contributed by atoms with Crippen molar-refractivity contribution in [3.63, 3.8) is 0 Å². The molecule has 0 unspecified atom stereocenters. The number of fused-ring (bicyclic) bond motifs is 1. The molecule has 0 bridgehead atoms. The molecule has 108 valence electrons. The summed E-state index contributed by atoms with van der Waals surface area (Å²) in [4.78, 5) is 12.0. The monoisotopic (exact) mass is 297 g/mol. The van der Waals surface area contributed by atoms with Crippen molar-refractivity contribution in [2.24, 2.45) is 10.6 Å². The lowest BCUT2D eigenvalue weighted by Gasteiger charge is -2.19. The normalized spacial score (nSPS) is 12.6. The van der Waals surface area contributed by atoms with E-state index in [9.17, 15) is 13.2 Å². The molecular weight excluding hydrogens is 282 g/mol. The standard InChI is InChI=1S/C13H15NO5S/c1-13(2,8-20(14,16)17)12(15)19-11-7-9-5-3-4-6-10(9)18-11/h3-7H,8H2,1-2H3,(H2,14,16,17). The summed E-state index contributed by atoms with van der Waals surface area (Å²) in [7, 11) is -3.78. The van der Waals surface area contributed by atoms with E-state index in [0.717, 1.165) is 5.39 Å². The van der Waals surface area contributed by atoms with Crippen molar-refractivity contribution in [3.05, 3.63) is 30.3 Å². The zero-order valence-electron chi connectivity index (χ0n) is 11.1. The summed E-state index contributed by atoms with van der Waals surface area (Å²) in [5.41, 5.74) is -0.674. The van der Waals surface area contributed by atoms with Crippen molar-refractivity contribution in [2.75, 3.05) is 5.75 Å². The molecule has 0 saturated heterocycles. The molecule has 0 atom stereocenters. The maximum Gasteiger partial charge on any atom is 0.320 e. The van der Waals surface area contributed by atoms with Crippen LogP contribution in [0.25, 0.3) is 11.0 Å². The molecule has 0 saturated carbocycles. The summed E-state index contributed by atoms with van der Waals surface area (Å²) in [6.45, 7) is 2.89. The molecule has 0 fully saturated rings. The van der Waals surface area contributed by atoms with Crippen LogP contribution in [-0.4, -0.2) is 20.1 Å². The first-order valence-corrected chi connectivity index (χ1v) is 7.60. The minimum atomic E-state index is -3.78. The largest absolute Gasteiger partial charge is 0.425 e. The van der Waals surface area contributed by atoms with Gasteiger partial charge in [-0.05, 0) is 19.9 Å². The zero-order valence-corrected chi connectivity index (χ0v) is 11.9. The molecule has 0 aliphatic rings. The smallest absolute Gasteiger partial charge is 0.320 e. The summed E-state index contributed by atoms with van der Waals surface area (Å²) >= 11 is 0. The molecule has 0 aliphatic heterocycles. The summed E-state index contributed by atoms with van der Waals surface area (Å²) in [5, 5.41) is 5.75. The van der Waals surface area contributed by atoms with Crippen LogP contribution in [0, 0.1) is 5.41 Å². The SMILES string of the molecule is CC(C)(CS(N)(=O)=O)C(=O)Oc1cc2ccccc2o1. The van der Waals surface area contributed by atoms with E-state index in [1.807, 2.05) is 12.1 Å². The van der Waals surface area contributed by atoms with Crippen LogP contribution >= 0.6 is 0 Å². The van der Waals surface area contributed by atoms with Crippen LogP contribution in [0.3, 0.4) is 0 Å². The second-order valence-electron chi connectivity index (χ2n) is 5.18. The lowest BCUT2D eigenvalue weighted by Crippen LogP contribution is -2.38. The second kappa shape index (κ2) is 4.92. The maximum absolute atomic E-state index is 12.0. The van der Waals surface area contributed by atoms with Crippen LogP contribution in [0.5, 0.6) is 5.95 Å². The highest BCUT2D eigenvalue weighted by Crippen LogP contribution is 2.27. The van der Waals surface area contributed by atoms with Crippen molar-refractivity contribution < 1.29 is 22.4 Å². The minimum absolute atomic E-state index is 0.0266.